The van der Waals surface area contributed by atoms with Crippen LogP contribution in [0.15, 0.2) is 42.0 Å². The fourth-order valence-corrected chi connectivity index (χ4v) is 1.83. The molecule has 0 spiro atoms. The highest BCUT2D eigenvalue weighted by molar-refractivity contribution is 5.71. The van der Waals surface area contributed by atoms with Crippen LogP contribution in [0.25, 0.3) is 0 Å². The van der Waals surface area contributed by atoms with Crippen molar-refractivity contribution in [2.45, 2.75) is 33.0 Å². The summed E-state index contributed by atoms with van der Waals surface area (Å²) in [6, 6.07) is 9.83. The van der Waals surface area contributed by atoms with Gasteiger partial charge >= 0.3 is 5.97 Å². The van der Waals surface area contributed by atoms with E-state index in [0.717, 1.165) is 11.1 Å². The van der Waals surface area contributed by atoms with Crippen LogP contribution in [-0.4, -0.2) is 30.9 Å². The molecular formula is C17H24O4. The minimum absolute atomic E-state index is 0.0644. The Morgan fingerprint density at radius 2 is 2.00 bits per heavy atom. The van der Waals surface area contributed by atoms with E-state index in [4.69, 9.17) is 4.74 Å². The van der Waals surface area contributed by atoms with Gasteiger partial charge in [0.05, 0.1) is 32.8 Å². The first-order chi connectivity index (χ1) is 10.0. The lowest BCUT2D eigenvalue weighted by molar-refractivity contribution is -0.139. The number of methoxy groups -OCH3 is 1. The molecule has 1 N–H and O–H groups in total. The lowest BCUT2D eigenvalue weighted by atomic mass is 9.96. The van der Waals surface area contributed by atoms with Crippen LogP contribution in [0.1, 0.15) is 25.8 Å². The summed E-state index contributed by atoms with van der Waals surface area (Å²) in [6.45, 7) is 4.56. The van der Waals surface area contributed by atoms with Gasteiger partial charge in [-0.25, -0.2) is 0 Å². The average molecular weight is 292 g/mol. The van der Waals surface area contributed by atoms with Gasteiger partial charge in [0, 0.05) is 5.92 Å². The van der Waals surface area contributed by atoms with Crippen LogP contribution in [0.3, 0.4) is 0 Å². The molecule has 0 aliphatic rings. The first-order valence-corrected chi connectivity index (χ1v) is 7.07. The van der Waals surface area contributed by atoms with Crippen molar-refractivity contribution in [2.75, 3.05) is 13.7 Å². The zero-order valence-electron chi connectivity index (χ0n) is 12.9. The van der Waals surface area contributed by atoms with Gasteiger partial charge in [0.25, 0.3) is 0 Å². The van der Waals surface area contributed by atoms with Gasteiger partial charge in [0.15, 0.2) is 0 Å². The maximum absolute atomic E-state index is 11.1. The first-order valence-electron chi connectivity index (χ1n) is 7.07. The second-order valence-electron chi connectivity index (χ2n) is 5.09. The molecule has 0 amide bonds. The molecule has 0 aromatic heterocycles. The number of esters is 1. The van der Waals surface area contributed by atoms with Gasteiger partial charge in [0.2, 0.25) is 0 Å². The van der Waals surface area contributed by atoms with Gasteiger partial charge in [-0.15, -0.1) is 0 Å². The third-order valence-corrected chi connectivity index (χ3v) is 3.51. The van der Waals surface area contributed by atoms with Crippen molar-refractivity contribution in [3.05, 3.63) is 47.5 Å². The Balaban J connectivity index is 2.36. The predicted octanol–water partition coefficient (Wildman–Crippen LogP) is 2.71. The van der Waals surface area contributed by atoms with Crippen molar-refractivity contribution in [2.24, 2.45) is 5.92 Å². The van der Waals surface area contributed by atoms with Crippen LogP contribution in [0.4, 0.5) is 0 Å². The van der Waals surface area contributed by atoms with E-state index in [1.54, 1.807) is 6.08 Å². The molecule has 2 atom stereocenters. The number of aliphatic hydroxyl groups excluding tert-OH is 1. The van der Waals surface area contributed by atoms with Crippen molar-refractivity contribution in [1.29, 1.82) is 0 Å². The highest BCUT2D eigenvalue weighted by atomic mass is 16.5. The molecule has 0 bridgehead atoms. The third-order valence-electron chi connectivity index (χ3n) is 3.51. The molecule has 0 aliphatic carbocycles. The number of carbonyl (C=O) groups excluding carboxylic acids is 1. The minimum atomic E-state index is -0.595. The molecule has 0 radical (unpaired) electrons. The number of rotatable bonds is 8. The van der Waals surface area contributed by atoms with Gasteiger partial charge < -0.3 is 14.6 Å². The molecule has 0 unspecified atom stereocenters. The normalized spacial score (nSPS) is 14.6. The molecule has 0 aliphatic heterocycles. The van der Waals surface area contributed by atoms with Crippen molar-refractivity contribution in [3.63, 3.8) is 0 Å². The van der Waals surface area contributed by atoms with E-state index in [9.17, 15) is 9.90 Å². The Morgan fingerprint density at radius 3 is 2.62 bits per heavy atom. The van der Waals surface area contributed by atoms with E-state index in [1.165, 1.54) is 7.11 Å². The smallest absolute Gasteiger partial charge is 0.309 e. The molecule has 0 fully saturated rings. The molecule has 21 heavy (non-hydrogen) atoms. The van der Waals surface area contributed by atoms with E-state index in [2.05, 4.69) is 4.74 Å². The van der Waals surface area contributed by atoms with Crippen LogP contribution >= 0.6 is 0 Å². The van der Waals surface area contributed by atoms with Crippen LogP contribution in [0, 0.1) is 5.92 Å². The zero-order valence-corrected chi connectivity index (χ0v) is 12.9. The van der Waals surface area contributed by atoms with Gasteiger partial charge in [-0.05, 0) is 12.5 Å². The molecule has 116 valence electrons. The Labute approximate surface area is 126 Å². The monoisotopic (exact) mass is 292 g/mol. The lowest BCUT2D eigenvalue weighted by Gasteiger charge is -2.19. The van der Waals surface area contributed by atoms with Gasteiger partial charge in [-0.2, -0.15) is 0 Å². The Bertz CT molecular complexity index is 453. The van der Waals surface area contributed by atoms with Crippen molar-refractivity contribution in [1.82, 2.24) is 0 Å². The lowest BCUT2D eigenvalue weighted by Crippen LogP contribution is -2.24. The van der Waals surface area contributed by atoms with Gasteiger partial charge in [-0.3, -0.25) is 4.79 Å². The SMILES string of the molecule is COC(=O)C/C=C(\C)[C@H](C)[C@@H](O)COCc1ccccc1. The average Bonchev–Trinajstić information content (AvgIpc) is 2.52. The third kappa shape index (κ3) is 6.56. The van der Waals surface area contributed by atoms with E-state index >= 15 is 0 Å². The topological polar surface area (TPSA) is 55.8 Å². The second-order valence-corrected chi connectivity index (χ2v) is 5.09. The standard InChI is InChI=1S/C17H24O4/c1-13(9-10-17(19)20-3)14(2)16(18)12-21-11-15-7-5-4-6-8-15/h4-9,14,16,18H,10-12H2,1-3H3/b13-9+/t14-,16-/m0/s1. The summed E-state index contributed by atoms with van der Waals surface area (Å²) < 4.78 is 10.1. The molecule has 1 aromatic rings. The van der Waals surface area contributed by atoms with E-state index < -0.39 is 6.10 Å². The summed E-state index contributed by atoms with van der Waals surface area (Å²) in [6.07, 6.45) is 1.42. The largest absolute Gasteiger partial charge is 0.469 e. The van der Waals surface area contributed by atoms with Gasteiger partial charge in [-0.1, -0.05) is 48.9 Å². The molecule has 0 saturated heterocycles. The quantitative estimate of drug-likeness (QED) is 0.591. The summed E-state index contributed by atoms with van der Waals surface area (Å²) in [4.78, 5) is 11.1. The molecule has 1 rings (SSSR count). The number of ether oxygens (including phenoxy) is 2. The molecule has 0 heterocycles. The molecule has 0 saturated carbocycles. The summed E-state index contributed by atoms with van der Waals surface area (Å²) >= 11 is 0. The predicted molar refractivity (Wildman–Crippen MR) is 81.7 cm³/mol. The van der Waals surface area contributed by atoms with E-state index in [0.29, 0.717) is 6.61 Å². The maximum Gasteiger partial charge on any atom is 0.309 e. The van der Waals surface area contributed by atoms with Crippen molar-refractivity contribution in [3.8, 4) is 0 Å². The molecular weight excluding hydrogens is 268 g/mol. The minimum Gasteiger partial charge on any atom is -0.469 e. The summed E-state index contributed by atoms with van der Waals surface area (Å²) in [7, 11) is 1.36. The van der Waals surface area contributed by atoms with Crippen LogP contribution in [-0.2, 0) is 20.9 Å². The highest BCUT2D eigenvalue weighted by Gasteiger charge is 2.16. The number of benzene rings is 1. The number of aliphatic hydroxyl groups is 1. The van der Waals surface area contributed by atoms with Crippen molar-refractivity contribution >= 4 is 5.97 Å². The fraction of sp³-hybridized carbons (Fsp3) is 0.471. The van der Waals surface area contributed by atoms with Crippen LogP contribution in [0.5, 0.6) is 0 Å². The van der Waals surface area contributed by atoms with E-state index in [1.807, 2.05) is 44.2 Å². The Kier molecular flexibility index (Phi) is 7.72. The Morgan fingerprint density at radius 1 is 1.33 bits per heavy atom. The number of carbonyl (C=O) groups is 1. The Hall–Kier alpha value is -1.65. The molecule has 4 heteroatoms. The summed E-state index contributed by atoms with van der Waals surface area (Å²) in [5.74, 6) is -0.346. The number of hydrogen-bond donors (Lipinski definition) is 1. The first kappa shape index (κ1) is 17.4. The second kappa shape index (κ2) is 9.32. The molecule has 4 nitrogen and oxygen atoms in total. The van der Waals surface area contributed by atoms with Crippen LogP contribution < -0.4 is 0 Å². The van der Waals surface area contributed by atoms with E-state index in [-0.39, 0.29) is 24.9 Å². The zero-order chi connectivity index (χ0) is 15.7. The summed E-state index contributed by atoms with van der Waals surface area (Å²) in [5, 5.41) is 10.1. The van der Waals surface area contributed by atoms with Gasteiger partial charge in [0.1, 0.15) is 0 Å². The number of hydrogen-bond acceptors (Lipinski definition) is 4. The van der Waals surface area contributed by atoms with Crippen LogP contribution in [0.2, 0.25) is 0 Å². The fourth-order valence-electron chi connectivity index (χ4n) is 1.83. The highest BCUT2D eigenvalue weighted by Crippen LogP contribution is 2.16. The van der Waals surface area contributed by atoms with Crippen molar-refractivity contribution < 1.29 is 19.4 Å². The molecule has 1 aromatic carbocycles. The summed E-state index contributed by atoms with van der Waals surface area (Å²) in [5.41, 5.74) is 2.03. The maximum atomic E-state index is 11.1.